The van der Waals surface area contributed by atoms with Crippen molar-refractivity contribution in [2.24, 2.45) is 5.92 Å². The maximum atomic E-state index is 13.0. The summed E-state index contributed by atoms with van der Waals surface area (Å²) in [5.74, 6) is 1.01. The molecule has 148 valence electrons. The lowest BCUT2D eigenvalue weighted by molar-refractivity contribution is -0.148. The Balaban J connectivity index is 1.52. The van der Waals surface area contributed by atoms with Gasteiger partial charge in [-0.05, 0) is 44.1 Å². The van der Waals surface area contributed by atoms with E-state index in [0.29, 0.717) is 32.4 Å². The van der Waals surface area contributed by atoms with E-state index < -0.39 is 11.6 Å². The molecule has 2 aliphatic heterocycles. The molecule has 1 aliphatic carbocycles. The van der Waals surface area contributed by atoms with Gasteiger partial charge in [0.1, 0.15) is 6.10 Å². The third-order valence-electron chi connectivity index (χ3n) is 6.24. The first-order valence-electron chi connectivity index (χ1n) is 9.87. The number of piperidine rings is 1. The number of rotatable bonds is 5. The summed E-state index contributed by atoms with van der Waals surface area (Å²) in [5.41, 5.74) is 1.70. The van der Waals surface area contributed by atoms with Crippen LogP contribution in [0.1, 0.15) is 43.5 Å². The van der Waals surface area contributed by atoms with E-state index in [0.717, 1.165) is 42.9 Å². The number of aromatic nitrogens is 2. The Kier molecular flexibility index (Phi) is 5.20. The van der Waals surface area contributed by atoms with Crippen molar-refractivity contribution in [3.63, 3.8) is 0 Å². The van der Waals surface area contributed by atoms with Crippen LogP contribution in [0.25, 0.3) is 0 Å². The lowest BCUT2D eigenvalue weighted by Gasteiger charge is -2.50. The molecule has 0 unspecified atom stereocenters. The summed E-state index contributed by atoms with van der Waals surface area (Å²) in [4.78, 5) is 37.2. The van der Waals surface area contributed by atoms with E-state index in [2.05, 4.69) is 14.9 Å². The topological polar surface area (TPSA) is 89.5 Å². The fourth-order valence-corrected chi connectivity index (χ4v) is 4.98. The van der Waals surface area contributed by atoms with Crippen LogP contribution in [0.15, 0.2) is 6.33 Å². The van der Waals surface area contributed by atoms with Crippen LogP contribution in [0, 0.1) is 5.92 Å². The van der Waals surface area contributed by atoms with Crippen LogP contribution in [0.2, 0.25) is 0 Å². The highest BCUT2D eigenvalue weighted by Gasteiger charge is 2.51. The van der Waals surface area contributed by atoms with E-state index in [1.54, 1.807) is 23.0 Å². The molecule has 3 heterocycles. The zero-order valence-electron chi connectivity index (χ0n) is 15.8. The van der Waals surface area contributed by atoms with E-state index in [4.69, 9.17) is 0 Å². The summed E-state index contributed by atoms with van der Waals surface area (Å²) in [6.45, 7) is 1.82. The molecule has 2 N–H and O–H groups in total. The fraction of sp³-hybridized carbons (Fsp3) is 0.737. The van der Waals surface area contributed by atoms with Crippen molar-refractivity contribution in [1.29, 1.82) is 0 Å². The van der Waals surface area contributed by atoms with Crippen molar-refractivity contribution in [2.45, 2.75) is 50.2 Å². The van der Waals surface area contributed by atoms with Crippen LogP contribution in [0.5, 0.6) is 0 Å². The number of hydrogen-bond acceptors (Lipinski definition) is 5. The molecule has 27 heavy (non-hydrogen) atoms. The first-order valence-corrected chi connectivity index (χ1v) is 11.3. The molecule has 1 saturated heterocycles. The first-order chi connectivity index (χ1) is 13.1. The number of amides is 2. The minimum atomic E-state index is -0.928. The van der Waals surface area contributed by atoms with Gasteiger partial charge in [0.05, 0.1) is 17.6 Å². The molecule has 0 radical (unpaired) electrons. The maximum absolute atomic E-state index is 13.0. The van der Waals surface area contributed by atoms with Gasteiger partial charge in [0.2, 0.25) is 5.91 Å². The number of aromatic amines is 1. The normalized spacial score (nSPS) is 22.6. The molecule has 7 nitrogen and oxygen atoms in total. The Morgan fingerprint density at radius 2 is 2.11 bits per heavy atom. The second-order valence-electron chi connectivity index (χ2n) is 7.90. The Labute approximate surface area is 163 Å². The second kappa shape index (κ2) is 7.47. The second-order valence-corrected chi connectivity index (χ2v) is 8.88. The lowest BCUT2D eigenvalue weighted by Crippen LogP contribution is -2.59. The van der Waals surface area contributed by atoms with Crippen molar-refractivity contribution in [1.82, 2.24) is 19.8 Å². The number of likely N-dealkylation sites (tertiary alicyclic amines) is 1. The fourth-order valence-electron chi connectivity index (χ4n) is 4.52. The largest absolute Gasteiger partial charge is 0.383 e. The Morgan fingerprint density at radius 3 is 2.78 bits per heavy atom. The average Bonchev–Trinajstić information content (AvgIpc) is 3.43. The molecule has 1 atom stereocenters. The minimum absolute atomic E-state index is 0.176. The molecule has 8 heteroatoms. The van der Waals surface area contributed by atoms with Crippen molar-refractivity contribution in [3.05, 3.63) is 17.7 Å². The highest BCUT2D eigenvalue weighted by atomic mass is 32.2. The molecule has 0 bridgehead atoms. The zero-order valence-corrected chi connectivity index (χ0v) is 16.6. The standard InChI is InChI=1S/C19H28N4O3S/c1-27-11-5-15(24)18(26)22-9-6-19(7-10-22)16-14(20-12-21-16)4-8-23(19)17(25)13-2-3-13/h12-13,15,24H,2-11H2,1H3,(H,20,21)/t15-/m1/s1. The highest BCUT2D eigenvalue weighted by Crippen LogP contribution is 2.45. The van der Waals surface area contributed by atoms with Crippen molar-refractivity contribution >= 4 is 23.6 Å². The monoisotopic (exact) mass is 392 g/mol. The molecule has 1 spiro atoms. The number of imidazole rings is 1. The highest BCUT2D eigenvalue weighted by molar-refractivity contribution is 7.98. The van der Waals surface area contributed by atoms with Gasteiger partial charge in [-0.15, -0.1) is 0 Å². The summed E-state index contributed by atoms with van der Waals surface area (Å²) in [6.07, 6.45) is 7.41. The van der Waals surface area contributed by atoms with Gasteiger partial charge in [0.15, 0.2) is 0 Å². The lowest BCUT2D eigenvalue weighted by atomic mass is 9.78. The van der Waals surface area contributed by atoms with Gasteiger partial charge in [-0.3, -0.25) is 9.59 Å². The Hall–Kier alpha value is -1.54. The molecule has 1 aromatic heterocycles. The first kappa shape index (κ1) is 18.8. The van der Waals surface area contributed by atoms with Crippen LogP contribution >= 0.6 is 11.8 Å². The number of fused-ring (bicyclic) bond motifs is 2. The third kappa shape index (κ3) is 3.38. The number of aliphatic hydroxyl groups is 1. The van der Waals surface area contributed by atoms with E-state index in [1.807, 2.05) is 6.26 Å². The predicted octanol–water partition coefficient (Wildman–Crippen LogP) is 1.14. The maximum Gasteiger partial charge on any atom is 0.251 e. The van der Waals surface area contributed by atoms with Crippen molar-refractivity contribution < 1.29 is 14.7 Å². The van der Waals surface area contributed by atoms with Crippen LogP contribution in [0.3, 0.4) is 0 Å². The van der Waals surface area contributed by atoms with Crippen LogP contribution in [-0.4, -0.2) is 74.4 Å². The number of nitrogens with one attached hydrogen (secondary N) is 1. The van der Waals surface area contributed by atoms with E-state index in [-0.39, 0.29) is 17.7 Å². The number of aliphatic hydroxyl groups excluding tert-OH is 1. The average molecular weight is 393 g/mol. The van der Waals surface area contributed by atoms with Gasteiger partial charge < -0.3 is 19.9 Å². The van der Waals surface area contributed by atoms with Gasteiger partial charge in [0.25, 0.3) is 5.91 Å². The molecule has 4 rings (SSSR count). The number of H-pyrrole nitrogens is 1. The summed E-state index contributed by atoms with van der Waals surface area (Å²) in [5, 5.41) is 10.2. The van der Waals surface area contributed by atoms with Crippen molar-refractivity contribution in [2.75, 3.05) is 31.6 Å². The summed E-state index contributed by atoms with van der Waals surface area (Å²) < 4.78 is 0. The molecule has 2 amide bonds. The van der Waals surface area contributed by atoms with Gasteiger partial charge in [-0.25, -0.2) is 4.98 Å². The Morgan fingerprint density at radius 1 is 1.37 bits per heavy atom. The molecule has 3 aliphatic rings. The van der Waals surface area contributed by atoms with Crippen LogP contribution in [0.4, 0.5) is 0 Å². The SMILES string of the molecule is CSCC[C@@H](O)C(=O)N1CCC2(CC1)c1nc[nH]c1CCN2C(=O)C1CC1. The minimum Gasteiger partial charge on any atom is -0.383 e. The summed E-state index contributed by atoms with van der Waals surface area (Å²) in [6, 6.07) is 0. The number of nitrogens with zero attached hydrogens (tertiary/aromatic N) is 3. The summed E-state index contributed by atoms with van der Waals surface area (Å²) >= 11 is 1.63. The van der Waals surface area contributed by atoms with Crippen LogP contribution < -0.4 is 0 Å². The number of carbonyl (C=O) groups is 2. The van der Waals surface area contributed by atoms with Crippen LogP contribution in [-0.2, 0) is 21.5 Å². The van der Waals surface area contributed by atoms with Gasteiger partial charge in [0, 0.05) is 37.7 Å². The van der Waals surface area contributed by atoms with Gasteiger partial charge in [-0.2, -0.15) is 11.8 Å². The smallest absolute Gasteiger partial charge is 0.251 e. The number of hydrogen-bond donors (Lipinski definition) is 2. The number of carbonyl (C=O) groups excluding carboxylic acids is 2. The molecular formula is C19H28N4O3S. The Bertz CT molecular complexity index is 710. The molecule has 1 saturated carbocycles. The van der Waals surface area contributed by atoms with Gasteiger partial charge >= 0.3 is 0 Å². The molecule has 1 aromatic rings. The molecular weight excluding hydrogens is 364 g/mol. The molecule has 2 fully saturated rings. The number of thioether (sulfide) groups is 1. The van der Waals surface area contributed by atoms with E-state index in [1.165, 1.54) is 0 Å². The summed E-state index contributed by atoms with van der Waals surface area (Å²) in [7, 11) is 0. The molecule has 0 aromatic carbocycles. The van der Waals surface area contributed by atoms with E-state index >= 15 is 0 Å². The van der Waals surface area contributed by atoms with Crippen molar-refractivity contribution in [3.8, 4) is 0 Å². The van der Waals surface area contributed by atoms with Gasteiger partial charge in [-0.1, -0.05) is 0 Å². The third-order valence-corrected chi connectivity index (χ3v) is 6.88. The quantitative estimate of drug-likeness (QED) is 0.784. The van der Waals surface area contributed by atoms with E-state index in [9.17, 15) is 14.7 Å². The zero-order chi connectivity index (χ0) is 19.0. The predicted molar refractivity (Wildman–Crippen MR) is 103 cm³/mol.